The van der Waals surface area contributed by atoms with Gasteiger partial charge in [0.05, 0.1) is 19.3 Å². The average molecular weight is 251 g/mol. The highest BCUT2D eigenvalue weighted by molar-refractivity contribution is 5.31. The molecule has 1 N–H and O–H groups in total. The number of hydrogen-bond acceptors (Lipinski definition) is 5. The molecule has 0 saturated heterocycles. The first-order valence-electron chi connectivity index (χ1n) is 6.00. The Morgan fingerprint density at radius 2 is 2.33 bits per heavy atom. The van der Waals surface area contributed by atoms with Crippen LogP contribution < -0.4 is 11.0 Å². The van der Waals surface area contributed by atoms with Gasteiger partial charge < -0.3 is 10.1 Å². The van der Waals surface area contributed by atoms with Crippen molar-refractivity contribution in [1.29, 1.82) is 0 Å². The van der Waals surface area contributed by atoms with Crippen LogP contribution in [0.5, 0.6) is 0 Å². The Balaban J connectivity index is 1.88. The summed E-state index contributed by atoms with van der Waals surface area (Å²) in [5.41, 5.74) is 0.427. The van der Waals surface area contributed by atoms with Crippen molar-refractivity contribution in [3.8, 4) is 0 Å². The van der Waals surface area contributed by atoms with Gasteiger partial charge in [0, 0.05) is 32.1 Å². The van der Waals surface area contributed by atoms with Crippen molar-refractivity contribution in [3.05, 3.63) is 29.1 Å². The Labute approximate surface area is 104 Å². The number of hydrogen-bond donors (Lipinski definition) is 1. The quantitative estimate of drug-likeness (QED) is 0.673. The van der Waals surface area contributed by atoms with Gasteiger partial charge in [0.15, 0.2) is 5.65 Å². The standard InChI is InChI=1S/C11H17N5O2/c1-2-18-8-5-12-4-7-16-11(17)15-6-3-13-9-10(15)14-16/h3,6,9,12H,2,4-5,7-8H2,1H3. The largest absolute Gasteiger partial charge is 0.380 e. The molecule has 0 aromatic carbocycles. The highest BCUT2D eigenvalue weighted by atomic mass is 16.5. The highest BCUT2D eigenvalue weighted by Gasteiger charge is 2.04. The fourth-order valence-corrected chi connectivity index (χ4v) is 1.62. The van der Waals surface area contributed by atoms with E-state index in [1.807, 2.05) is 6.92 Å². The molecule has 0 aliphatic heterocycles. The molecule has 0 amide bonds. The number of ether oxygens (including phenoxy) is 1. The molecule has 0 radical (unpaired) electrons. The van der Waals surface area contributed by atoms with E-state index in [1.54, 1.807) is 18.6 Å². The fourth-order valence-electron chi connectivity index (χ4n) is 1.62. The molecule has 0 unspecified atom stereocenters. The van der Waals surface area contributed by atoms with E-state index < -0.39 is 0 Å². The van der Waals surface area contributed by atoms with Gasteiger partial charge in [-0.2, -0.15) is 0 Å². The lowest BCUT2D eigenvalue weighted by atomic mass is 10.6. The molecule has 0 bridgehead atoms. The third-order valence-electron chi connectivity index (χ3n) is 2.52. The van der Waals surface area contributed by atoms with Gasteiger partial charge in [-0.1, -0.05) is 0 Å². The lowest BCUT2D eigenvalue weighted by molar-refractivity contribution is 0.149. The van der Waals surface area contributed by atoms with Crippen LogP contribution in [-0.2, 0) is 11.3 Å². The minimum Gasteiger partial charge on any atom is -0.380 e. The molecule has 0 saturated carbocycles. The Hall–Kier alpha value is -1.73. The second kappa shape index (κ2) is 6.27. The summed E-state index contributed by atoms with van der Waals surface area (Å²) in [6, 6.07) is 0. The summed E-state index contributed by atoms with van der Waals surface area (Å²) in [7, 11) is 0. The Bertz CT molecular complexity index is 548. The van der Waals surface area contributed by atoms with E-state index >= 15 is 0 Å². The second-order valence-electron chi connectivity index (χ2n) is 3.76. The van der Waals surface area contributed by atoms with Gasteiger partial charge in [-0.3, -0.25) is 4.98 Å². The van der Waals surface area contributed by atoms with Gasteiger partial charge in [0.1, 0.15) is 0 Å². The Kier molecular flexibility index (Phi) is 4.43. The molecule has 2 aromatic rings. The predicted molar refractivity (Wildman–Crippen MR) is 66.6 cm³/mol. The van der Waals surface area contributed by atoms with Gasteiger partial charge in [-0.25, -0.2) is 13.9 Å². The molecular formula is C11H17N5O2. The van der Waals surface area contributed by atoms with Crippen molar-refractivity contribution in [1.82, 2.24) is 24.5 Å². The van der Waals surface area contributed by atoms with Crippen LogP contribution in [-0.4, -0.2) is 45.5 Å². The molecule has 2 heterocycles. The second-order valence-corrected chi connectivity index (χ2v) is 3.76. The van der Waals surface area contributed by atoms with Gasteiger partial charge >= 0.3 is 5.69 Å². The van der Waals surface area contributed by atoms with E-state index in [0.29, 0.717) is 25.3 Å². The summed E-state index contributed by atoms with van der Waals surface area (Å²) in [5, 5.41) is 7.37. The minimum atomic E-state index is -0.140. The Morgan fingerprint density at radius 1 is 1.44 bits per heavy atom. The van der Waals surface area contributed by atoms with Crippen molar-refractivity contribution in [2.24, 2.45) is 0 Å². The monoisotopic (exact) mass is 251 g/mol. The summed E-state index contributed by atoms with van der Waals surface area (Å²) < 4.78 is 8.11. The third kappa shape index (κ3) is 2.93. The van der Waals surface area contributed by atoms with Crippen molar-refractivity contribution < 1.29 is 4.74 Å². The SMILES string of the molecule is CCOCCNCCn1nc2cnccn2c1=O. The van der Waals surface area contributed by atoms with Crippen LogP contribution in [0.1, 0.15) is 6.92 Å². The molecule has 7 heteroatoms. The van der Waals surface area contributed by atoms with Crippen molar-refractivity contribution in [2.75, 3.05) is 26.3 Å². The molecule has 18 heavy (non-hydrogen) atoms. The van der Waals surface area contributed by atoms with Gasteiger partial charge in [0.2, 0.25) is 0 Å². The van der Waals surface area contributed by atoms with Crippen molar-refractivity contribution >= 4 is 5.65 Å². The van der Waals surface area contributed by atoms with Crippen molar-refractivity contribution in [3.63, 3.8) is 0 Å². The third-order valence-corrected chi connectivity index (χ3v) is 2.52. The van der Waals surface area contributed by atoms with Gasteiger partial charge in [0.25, 0.3) is 0 Å². The molecule has 0 fully saturated rings. The first-order chi connectivity index (χ1) is 8.83. The maximum Gasteiger partial charge on any atom is 0.350 e. The van der Waals surface area contributed by atoms with Crippen LogP contribution in [0.4, 0.5) is 0 Å². The molecule has 0 aliphatic carbocycles. The van der Waals surface area contributed by atoms with Crippen LogP contribution in [0.25, 0.3) is 5.65 Å². The number of nitrogens with zero attached hydrogens (tertiary/aromatic N) is 4. The van der Waals surface area contributed by atoms with E-state index in [0.717, 1.165) is 13.2 Å². The number of aromatic nitrogens is 4. The lowest BCUT2D eigenvalue weighted by Gasteiger charge is -2.03. The zero-order valence-electron chi connectivity index (χ0n) is 10.4. The molecule has 0 atom stereocenters. The first-order valence-corrected chi connectivity index (χ1v) is 6.00. The highest BCUT2D eigenvalue weighted by Crippen LogP contribution is 1.91. The summed E-state index contributed by atoms with van der Waals surface area (Å²) >= 11 is 0. The summed E-state index contributed by atoms with van der Waals surface area (Å²) in [6.07, 6.45) is 4.75. The van der Waals surface area contributed by atoms with Crippen LogP contribution in [0.15, 0.2) is 23.4 Å². The molecule has 7 nitrogen and oxygen atoms in total. The van der Waals surface area contributed by atoms with Gasteiger partial charge in [-0.15, -0.1) is 5.10 Å². The number of fused-ring (bicyclic) bond motifs is 1. The molecule has 0 spiro atoms. The smallest absolute Gasteiger partial charge is 0.350 e. The maximum absolute atomic E-state index is 11.9. The Morgan fingerprint density at radius 3 is 3.11 bits per heavy atom. The lowest BCUT2D eigenvalue weighted by Crippen LogP contribution is -2.29. The van der Waals surface area contributed by atoms with E-state index in [4.69, 9.17) is 4.74 Å². The van der Waals surface area contributed by atoms with Crippen LogP contribution >= 0.6 is 0 Å². The number of rotatable bonds is 7. The topological polar surface area (TPSA) is 73.4 Å². The molecule has 2 aromatic heterocycles. The molecule has 0 aliphatic rings. The first kappa shape index (κ1) is 12.7. The van der Waals surface area contributed by atoms with Crippen LogP contribution in [0.3, 0.4) is 0 Å². The van der Waals surface area contributed by atoms with E-state index in [9.17, 15) is 4.79 Å². The zero-order chi connectivity index (χ0) is 12.8. The van der Waals surface area contributed by atoms with Crippen LogP contribution in [0, 0.1) is 0 Å². The summed E-state index contributed by atoms with van der Waals surface area (Å²) in [4.78, 5) is 15.8. The van der Waals surface area contributed by atoms with Crippen molar-refractivity contribution in [2.45, 2.75) is 13.5 Å². The molecule has 2 rings (SSSR count). The predicted octanol–water partition coefficient (Wildman–Crippen LogP) is -0.483. The average Bonchev–Trinajstić information content (AvgIpc) is 2.71. The van der Waals surface area contributed by atoms with Crippen LogP contribution in [0.2, 0.25) is 0 Å². The summed E-state index contributed by atoms with van der Waals surface area (Å²) in [5.74, 6) is 0. The van der Waals surface area contributed by atoms with Gasteiger partial charge in [-0.05, 0) is 6.92 Å². The molecule has 98 valence electrons. The maximum atomic E-state index is 11.9. The van der Waals surface area contributed by atoms with E-state index in [2.05, 4.69) is 15.4 Å². The summed E-state index contributed by atoms with van der Waals surface area (Å²) in [6.45, 7) is 5.36. The van der Waals surface area contributed by atoms with E-state index in [-0.39, 0.29) is 5.69 Å². The molecular weight excluding hydrogens is 234 g/mol. The number of nitrogens with one attached hydrogen (secondary N) is 1. The normalized spacial score (nSPS) is 11.2. The fraction of sp³-hybridized carbons (Fsp3) is 0.545. The zero-order valence-corrected chi connectivity index (χ0v) is 10.4. The minimum absolute atomic E-state index is 0.140. The van der Waals surface area contributed by atoms with E-state index in [1.165, 1.54) is 9.08 Å².